The summed E-state index contributed by atoms with van der Waals surface area (Å²) < 4.78 is 24.9. The Labute approximate surface area is 131 Å². The first-order valence-corrected chi connectivity index (χ1v) is 8.32. The number of sulfonamides is 1. The molecule has 1 atom stereocenters. The van der Waals surface area contributed by atoms with Gasteiger partial charge in [0.15, 0.2) is 0 Å². The summed E-state index contributed by atoms with van der Waals surface area (Å²) in [5, 5.41) is 0. The van der Waals surface area contributed by atoms with Crippen molar-refractivity contribution in [3.63, 3.8) is 0 Å². The molecule has 0 saturated carbocycles. The topological polar surface area (TPSA) is 92.5 Å². The van der Waals surface area contributed by atoms with Gasteiger partial charge in [-0.15, -0.1) is 12.4 Å². The van der Waals surface area contributed by atoms with E-state index in [1.165, 1.54) is 0 Å². The third-order valence-electron chi connectivity index (χ3n) is 3.26. The molecule has 0 spiro atoms. The van der Waals surface area contributed by atoms with Crippen LogP contribution in [0.3, 0.4) is 0 Å². The second-order valence-electron chi connectivity index (χ2n) is 5.13. The van der Waals surface area contributed by atoms with Crippen LogP contribution in [0.15, 0.2) is 24.3 Å². The zero-order chi connectivity index (χ0) is 14.8. The van der Waals surface area contributed by atoms with Gasteiger partial charge in [0.05, 0.1) is 12.7 Å². The van der Waals surface area contributed by atoms with Crippen molar-refractivity contribution in [2.45, 2.75) is 18.9 Å². The Hall–Kier alpha value is -1.31. The Bertz CT molecular complexity index is 589. The molecule has 1 amide bonds. The van der Waals surface area contributed by atoms with Crippen LogP contribution < -0.4 is 10.5 Å². The van der Waals surface area contributed by atoms with Crippen LogP contribution in [-0.4, -0.2) is 44.6 Å². The van der Waals surface area contributed by atoms with Crippen LogP contribution in [-0.2, 0) is 21.2 Å². The van der Waals surface area contributed by atoms with Crippen LogP contribution in [0.4, 0.5) is 5.69 Å². The van der Waals surface area contributed by atoms with Gasteiger partial charge in [0, 0.05) is 24.8 Å². The summed E-state index contributed by atoms with van der Waals surface area (Å²) in [6.07, 6.45) is 2.10. The van der Waals surface area contributed by atoms with E-state index in [0.29, 0.717) is 31.6 Å². The number of nitrogens with zero attached hydrogens (tertiary/aromatic N) is 1. The summed E-state index contributed by atoms with van der Waals surface area (Å²) >= 11 is 0. The lowest BCUT2D eigenvalue weighted by molar-refractivity contribution is -0.129. The number of nitrogens with two attached hydrogens (primary N) is 1. The molecule has 0 aromatic heterocycles. The zero-order valence-electron chi connectivity index (χ0n) is 11.8. The molecular formula is C13H20ClN3O3S. The van der Waals surface area contributed by atoms with E-state index in [-0.39, 0.29) is 24.4 Å². The van der Waals surface area contributed by atoms with Crippen LogP contribution in [0.1, 0.15) is 12.0 Å². The number of hydrogen-bond donors (Lipinski definition) is 2. The quantitative estimate of drug-likeness (QED) is 0.779. The molecule has 0 bridgehead atoms. The van der Waals surface area contributed by atoms with Crippen LogP contribution in [0, 0.1) is 0 Å². The number of nitrogen functional groups attached to an aromatic ring is 1. The third kappa shape index (κ3) is 5.53. The minimum Gasteiger partial charge on any atom is -0.399 e. The summed E-state index contributed by atoms with van der Waals surface area (Å²) in [5.41, 5.74) is 7.17. The largest absolute Gasteiger partial charge is 0.399 e. The fraction of sp³-hybridized carbons (Fsp3) is 0.462. The normalized spacial score (nSPS) is 18.3. The van der Waals surface area contributed by atoms with Gasteiger partial charge >= 0.3 is 0 Å². The predicted molar refractivity (Wildman–Crippen MR) is 84.8 cm³/mol. The monoisotopic (exact) mass is 333 g/mol. The number of likely N-dealkylation sites (tertiary alicyclic amines) is 1. The van der Waals surface area contributed by atoms with E-state index in [2.05, 4.69) is 4.72 Å². The van der Waals surface area contributed by atoms with Gasteiger partial charge < -0.3 is 10.6 Å². The standard InChI is InChI=1S/C13H19N3O3S.ClH/c1-20(18,19)15-12-6-7-16(9-12)13(17)8-10-2-4-11(14)5-3-10;/h2-5,12,15H,6-9,14H2,1H3;1H. The highest BCUT2D eigenvalue weighted by Gasteiger charge is 2.27. The van der Waals surface area contributed by atoms with Gasteiger partial charge in [-0.3, -0.25) is 4.79 Å². The van der Waals surface area contributed by atoms with Crippen molar-refractivity contribution in [1.82, 2.24) is 9.62 Å². The summed E-state index contributed by atoms with van der Waals surface area (Å²) in [6.45, 7) is 1.02. The van der Waals surface area contributed by atoms with Gasteiger partial charge in [0.2, 0.25) is 15.9 Å². The third-order valence-corrected chi connectivity index (χ3v) is 4.02. The number of carbonyl (C=O) groups is 1. The number of amides is 1. The number of hydrogen-bond acceptors (Lipinski definition) is 4. The van der Waals surface area contributed by atoms with Gasteiger partial charge in [-0.25, -0.2) is 13.1 Å². The van der Waals surface area contributed by atoms with Gasteiger partial charge in [0.1, 0.15) is 0 Å². The molecule has 1 heterocycles. The van der Waals surface area contributed by atoms with E-state index in [9.17, 15) is 13.2 Å². The van der Waals surface area contributed by atoms with E-state index in [1.807, 2.05) is 12.1 Å². The lowest BCUT2D eigenvalue weighted by atomic mass is 10.1. The predicted octanol–water partition coefficient (Wildman–Crippen LogP) is 0.383. The lowest BCUT2D eigenvalue weighted by Gasteiger charge is -2.16. The molecule has 1 aliphatic heterocycles. The Kier molecular flexibility index (Phi) is 6.00. The molecule has 0 aliphatic carbocycles. The summed E-state index contributed by atoms with van der Waals surface area (Å²) in [5.74, 6) is 0.00701. The molecule has 1 aromatic carbocycles. The van der Waals surface area contributed by atoms with Crippen molar-refractivity contribution in [2.75, 3.05) is 25.1 Å². The van der Waals surface area contributed by atoms with Crippen LogP contribution in [0.25, 0.3) is 0 Å². The lowest BCUT2D eigenvalue weighted by Crippen LogP contribution is -2.38. The molecule has 8 heteroatoms. The van der Waals surface area contributed by atoms with Crippen molar-refractivity contribution >= 4 is 34.0 Å². The first-order chi connectivity index (χ1) is 9.33. The number of halogens is 1. The Morgan fingerprint density at radius 1 is 1.38 bits per heavy atom. The molecule has 1 aliphatic rings. The molecule has 1 unspecified atom stereocenters. The molecule has 3 N–H and O–H groups in total. The molecular weight excluding hydrogens is 314 g/mol. The van der Waals surface area contributed by atoms with Gasteiger partial charge in [-0.05, 0) is 24.1 Å². The Balaban J connectivity index is 0.00000220. The van der Waals surface area contributed by atoms with Crippen molar-refractivity contribution in [1.29, 1.82) is 0 Å². The highest BCUT2D eigenvalue weighted by Crippen LogP contribution is 2.13. The van der Waals surface area contributed by atoms with Crippen LogP contribution in [0.2, 0.25) is 0 Å². The number of nitrogens with one attached hydrogen (secondary N) is 1. The van der Waals surface area contributed by atoms with E-state index in [4.69, 9.17) is 5.73 Å². The average Bonchev–Trinajstić information content (AvgIpc) is 2.78. The first kappa shape index (κ1) is 17.7. The minimum atomic E-state index is -3.22. The zero-order valence-corrected chi connectivity index (χ0v) is 13.4. The maximum Gasteiger partial charge on any atom is 0.227 e. The van der Waals surface area contributed by atoms with Crippen LogP contribution in [0.5, 0.6) is 0 Å². The molecule has 1 aromatic rings. The van der Waals surface area contributed by atoms with E-state index >= 15 is 0 Å². The number of rotatable bonds is 4. The van der Waals surface area contributed by atoms with Gasteiger partial charge in [0.25, 0.3) is 0 Å². The van der Waals surface area contributed by atoms with E-state index < -0.39 is 10.0 Å². The average molecular weight is 334 g/mol. The van der Waals surface area contributed by atoms with Gasteiger partial charge in [-0.1, -0.05) is 12.1 Å². The molecule has 118 valence electrons. The molecule has 1 fully saturated rings. The Morgan fingerprint density at radius 2 is 2.00 bits per heavy atom. The van der Waals surface area contributed by atoms with E-state index in [0.717, 1.165) is 11.8 Å². The Morgan fingerprint density at radius 3 is 2.57 bits per heavy atom. The summed E-state index contributed by atoms with van der Waals surface area (Å²) in [7, 11) is -3.22. The van der Waals surface area contributed by atoms with Gasteiger partial charge in [-0.2, -0.15) is 0 Å². The molecule has 0 radical (unpaired) electrons. The fourth-order valence-corrected chi connectivity index (χ4v) is 3.11. The highest BCUT2D eigenvalue weighted by molar-refractivity contribution is 7.88. The maximum absolute atomic E-state index is 12.1. The summed E-state index contributed by atoms with van der Waals surface area (Å²) in [6, 6.07) is 7.01. The van der Waals surface area contributed by atoms with Crippen molar-refractivity contribution in [2.24, 2.45) is 0 Å². The smallest absolute Gasteiger partial charge is 0.227 e. The number of benzene rings is 1. The highest BCUT2D eigenvalue weighted by atomic mass is 35.5. The van der Waals surface area contributed by atoms with Crippen molar-refractivity contribution in [3.05, 3.63) is 29.8 Å². The molecule has 2 rings (SSSR count). The second kappa shape index (κ2) is 7.11. The molecule has 1 saturated heterocycles. The molecule has 6 nitrogen and oxygen atoms in total. The maximum atomic E-state index is 12.1. The summed E-state index contributed by atoms with van der Waals surface area (Å²) in [4.78, 5) is 13.8. The minimum absolute atomic E-state index is 0. The van der Waals surface area contributed by atoms with Crippen molar-refractivity contribution < 1.29 is 13.2 Å². The molecule has 21 heavy (non-hydrogen) atoms. The number of carbonyl (C=O) groups excluding carboxylic acids is 1. The van der Waals surface area contributed by atoms with E-state index in [1.54, 1.807) is 17.0 Å². The SMILES string of the molecule is CS(=O)(=O)NC1CCN(C(=O)Cc2ccc(N)cc2)C1.Cl. The van der Waals surface area contributed by atoms with Crippen molar-refractivity contribution in [3.8, 4) is 0 Å². The first-order valence-electron chi connectivity index (χ1n) is 6.43. The number of anilines is 1. The fourth-order valence-electron chi connectivity index (χ4n) is 2.31. The van der Waals surface area contributed by atoms with Crippen LogP contribution >= 0.6 is 12.4 Å². The second-order valence-corrected chi connectivity index (χ2v) is 6.91.